The Kier molecular flexibility index (Phi) is 7.13. The highest BCUT2D eigenvalue weighted by Crippen LogP contribution is 2.29. The number of likely N-dealkylation sites (tertiary alicyclic amines) is 1. The van der Waals surface area contributed by atoms with Gasteiger partial charge in [0.05, 0.1) is 6.04 Å². The maximum atomic E-state index is 12.3. The maximum absolute atomic E-state index is 12.3. The van der Waals surface area contributed by atoms with Gasteiger partial charge in [-0.3, -0.25) is 9.69 Å². The van der Waals surface area contributed by atoms with Crippen LogP contribution in [0.5, 0.6) is 5.75 Å². The first-order valence-corrected chi connectivity index (χ1v) is 10.0. The van der Waals surface area contributed by atoms with Crippen molar-refractivity contribution in [2.24, 2.45) is 0 Å². The maximum Gasteiger partial charge on any atom is 0.258 e. The molecule has 0 spiro atoms. The van der Waals surface area contributed by atoms with Crippen LogP contribution in [0.15, 0.2) is 48.5 Å². The topological polar surface area (TPSA) is 41.6 Å². The average molecular weight is 387 g/mol. The number of hydrogen-bond donors (Lipinski definition) is 1. The van der Waals surface area contributed by atoms with E-state index in [9.17, 15) is 4.79 Å². The molecule has 2 aromatic rings. The Morgan fingerprint density at radius 1 is 1.15 bits per heavy atom. The molecule has 1 amide bonds. The molecule has 27 heavy (non-hydrogen) atoms. The summed E-state index contributed by atoms with van der Waals surface area (Å²) in [5.74, 6) is 0.593. The average Bonchev–Trinajstić information content (AvgIpc) is 3.23. The van der Waals surface area contributed by atoms with Gasteiger partial charge in [-0.05, 0) is 61.7 Å². The minimum Gasteiger partial charge on any atom is -0.484 e. The summed E-state index contributed by atoms with van der Waals surface area (Å²) in [7, 11) is 0. The van der Waals surface area contributed by atoms with E-state index in [0.29, 0.717) is 12.3 Å². The zero-order chi connectivity index (χ0) is 19.1. The first-order valence-electron chi connectivity index (χ1n) is 9.64. The molecule has 1 aliphatic heterocycles. The molecular weight excluding hydrogens is 360 g/mol. The molecule has 0 radical (unpaired) electrons. The summed E-state index contributed by atoms with van der Waals surface area (Å²) < 4.78 is 5.60. The summed E-state index contributed by atoms with van der Waals surface area (Å²) in [4.78, 5) is 14.7. The second-order valence-corrected chi connectivity index (χ2v) is 7.28. The van der Waals surface area contributed by atoms with Crippen LogP contribution < -0.4 is 10.1 Å². The molecule has 0 saturated carbocycles. The number of carbonyl (C=O) groups is 1. The van der Waals surface area contributed by atoms with Crippen LogP contribution in [0.2, 0.25) is 5.02 Å². The van der Waals surface area contributed by atoms with Gasteiger partial charge >= 0.3 is 0 Å². The number of amides is 1. The fourth-order valence-corrected chi connectivity index (χ4v) is 3.73. The van der Waals surface area contributed by atoms with Gasteiger partial charge in [0.25, 0.3) is 5.91 Å². The van der Waals surface area contributed by atoms with E-state index in [1.54, 1.807) is 0 Å². The Labute approximate surface area is 166 Å². The molecule has 1 heterocycles. The number of hydrogen-bond acceptors (Lipinski definition) is 3. The Morgan fingerprint density at radius 2 is 1.85 bits per heavy atom. The second-order valence-electron chi connectivity index (χ2n) is 6.87. The van der Waals surface area contributed by atoms with Crippen molar-refractivity contribution in [3.05, 3.63) is 64.7 Å². The van der Waals surface area contributed by atoms with Crippen LogP contribution >= 0.6 is 11.6 Å². The Hall–Kier alpha value is -2.04. The highest BCUT2D eigenvalue weighted by molar-refractivity contribution is 6.31. The van der Waals surface area contributed by atoms with Crippen molar-refractivity contribution in [3.63, 3.8) is 0 Å². The van der Waals surface area contributed by atoms with Gasteiger partial charge in [-0.25, -0.2) is 0 Å². The predicted octanol–water partition coefficient (Wildman–Crippen LogP) is 4.23. The van der Waals surface area contributed by atoms with Crippen LogP contribution in [0, 0.1) is 0 Å². The molecule has 0 bridgehead atoms. The first-order chi connectivity index (χ1) is 13.2. The third-order valence-corrected chi connectivity index (χ3v) is 5.38. The summed E-state index contributed by atoms with van der Waals surface area (Å²) in [6, 6.07) is 15.8. The number of nitrogens with zero attached hydrogens (tertiary/aromatic N) is 1. The van der Waals surface area contributed by atoms with E-state index in [0.717, 1.165) is 30.1 Å². The summed E-state index contributed by atoms with van der Waals surface area (Å²) in [6.07, 6.45) is 3.36. The van der Waals surface area contributed by atoms with Gasteiger partial charge in [-0.1, -0.05) is 48.9 Å². The third kappa shape index (κ3) is 5.47. The normalized spacial score (nSPS) is 15.5. The number of halogens is 1. The monoisotopic (exact) mass is 386 g/mol. The fourth-order valence-electron chi connectivity index (χ4n) is 3.47. The number of benzene rings is 2. The van der Waals surface area contributed by atoms with Crippen molar-refractivity contribution in [2.45, 2.75) is 32.2 Å². The van der Waals surface area contributed by atoms with E-state index >= 15 is 0 Å². The quantitative estimate of drug-likeness (QED) is 0.738. The lowest BCUT2D eigenvalue weighted by atomic mass is 10.1. The lowest BCUT2D eigenvalue weighted by Gasteiger charge is -2.29. The van der Waals surface area contributed by atoms with Gasteiger partial charge in [-0.15, -0.1) is 0 Å². The lowest BCUT2D eigenvalue weighted by molar-refractivity contribution is -0.123. The van der Waals surface area contributed by atoms with Gasteiger partial charge in [0.2, 0.25) is 0 Å². The molecule has 1 fully saturated rings. The van der Waals surface area contributed by atoms with Gasteiger partial charge in [0.1, 0.15) is 5.75 Å². The van der Waals surface area contributed by atoms with E-state index in [1.807, 2.05) is 48.5 Å². The van der Waals surface area contributed by atoms with E-state index in [4.69, 9.17) is 16.3 Å². The number of nitrogens with one attached hydrogen (secondary N) is 1. The van der Waals surface area contributed by atoms with Crippen molar-refractivity contribution in [1.82, 2.24) is 10.2 Å². The van der Waals surface area contributed by atoms with Crippen molar-refractivity contribution in [3.8, 4) is 5.75 Å². The molecule has 5 heteroatoms. The summed E-state index contributed by atoms with van der Waals surface area (Å²) >= 11 is 6.41. The smallest absolute Gasteiger partial charge is 0.258 e. The van der Waals surface area contributed by atoms with Gasteiger partial charge in [0.15, 0.2) is 6.61 Å². The molecule has 3 rings (SSSR count). The molecule has 1 atom stereocenters. The molecule has 4 nitrogen and oxygen atoms in total. The SMILES string of the molecule is CCc1ccc(OCC(=O)NCC(c2ccccc2Cl)N2CCCC2)cc1. The van der Waals surface area contributed by atoms with Crippen molar-refractivity contribution < 1.29 is 9.53 Å². The Bertz CT molecular complexity index is 742. The summed E-state index contributed by atoms with van der Waals surface area (Å²) in [5, 5.41) is 3.76. The molecule has 144 valence electrons. The molecule has 1 N–H and O–H groups in total. The lowest BCUT2D eigenvalue weighted by Crippen LogP contribution is -2.38. The molecule has 1 aliphatic rings. The number of aryl methyl sites for hydroxylation is 1. The van der Waals surface area contributed by atoms with Crippen LogP contribution in [0.25, 0.3) is 0 Å². The first kappa shape index (κ1) is 19.7. The van der Waals surface area contributed by atoms with Gasteiger partial charge < -0.3 is 10.1 Å². The van der Waals surface area contributed by atoms with Gasteiger partial charge in [0, 0.05) is 11.6 Å². The molecule has 1 unspecified atom stereocenters. The zero-order valence-corrected chi connectivity index (χ0v) is 16.5. The number of ether oxygens (including phenoxy) is 1. The summed E-state index contributed by atoms with van der Waals surface area (Å²) in [5.41, 5.74) is 2.32. The zero-order valence-electron chi connectivity index (χ0n) is 15.8. The van der Waals surface area contributed by atoms with Crippen LogP contribution in [-0.4, -0.2) is 37.0 Å². The van der Waals surface area contributed by atoms with Crippen LogP contribution in [0.4, 0.5) is 0 Å². The predicted molar refractivity (Wildman–Crippen MR) is 109 cm³/mol. The molecule has 2 aromatic carbocycles. The highest BCUT2D eigenvalue weighted by atomic mass is 35.5. The van der Waals surface area contributed by atoms with E-state index < -0.39 is 0 Å². The van der Waals surface area contributed by atoms with Crippen molar-refractivity contribution in [2.75, 3.05) is 26.2 Å². The number of carbonyl (C=O) groups excluding carboxylic acids is 1. The van der Waals surface area contributed by atoms with Crippen molar-refractivity contribution in [1.29, 1.82) is 0 Å². The minimum absolute atomic E-state index is 0.0146. The second kappa shape index (κ2) is 9.77. The van der Waals surface area contributed by atoms with E-state index in [1.165, 1.54) is 18.4 Å². The standard InChI is InChI=1S/C22H27ClN2O2/c1-2-17-9-11-18(12-10-17)27-16-22(26)24-15-21(25-13-5-6-14-25)19-7-3-4-8-20(19)23/h3-4,7-12,21H,2,5-6,13-16H2,1H3,(H,24,26). The summed E-state index contributed by atoms with van der Waals surface area (Å²) in [6.45, 7) is 4.72. The van der Waals surface area contributed by atoms with Crippen LogP contribution in [0.3, 0.4) is 0 Å². The Morgan fingerprint density at radius 3 is 2.52 bits per heavy atom. The minimum atomic E-state index is -0.120. The molecule has 0 aromatic heterocycles. The molecule has 1 saturated heterocycles. The Balaban J connectivity index is 1.56. The molecule has 0 aliphatic carbocycles. The largest absolute Gasteiger partial charge is 0.484 e. The highest BCUT2D eigenvalue weighted by Gasteiger charge is 2.25. The van der Waals surface area contributed by atoms with Gasteiger partial charge in [-0.2, -0.15) is 0 Å². The van der Waals surface area contributed by atoms with Crippen LogP contribution in [0.1, 0.15) is 36.9 Å². The fraction of sp³-hybridized carbons (Fsp3) is 0.409. The molecular formula is C22H27ClN2O2. The van der Waals surface area contributed by atoms with E-state index in [-0.39, 0.29) is 18.6 Å². The van der Waals surface area contributed by atoms with Crippen molar-refractivity contribution >= 4 is 17.5 Å². The third-order valence-electron chi connectivity index (χ3n) is 5.04. The van der Waals surface area contributed by atoms with Crippen LogP contribution in [-0.2, 0) is 11.2 Å². The number of rotatable bonds is 8. The van der Waals surface area contributed by atoms with E-state index in [2.05, 4.69) is 17.1 Å².